The number of benzene rings is 8. The molecule has 0 saturated carbocycles. The highest BCUT2D eigenvalue weighted by Crippen LogP contribution is 2.40. The number of hydrogen-bond donors (Lipinski definition) is 0. The standard InChI is InChI=1S/C53H34N4/c1-5-18-48-42(14-1)43-15-2-6-19-49(43)56(48)40-26-28-52-46(32-40)47-33-41(57-50-20-7-3-16-44(50)45-17-4-8-21-51(45)57)27-29-53(47)55(52)39-24-22-35(23-25-39)36-11-9-12-37(31-36)38-13-10-30-54-34-38/h1-34H. The van der Waals surface area contributed by atoms with Crippen LogP contribution in [0.3, 0.4) is 0 Å². The van der Waals surface area contributed by atoms with Crippen LogP contribution in [0.4, 0.5) is 0 Å². The van der Waals surface area contributed by atoms with E-state index in [-0.39, 0.29) is 0 Å². The van der Waals surface area contributed by atoms with Gasteiger partial charge in [0, 0.05) is 67.3 Å². The van der Waals surface area contributed by atoms with Crippen molar-refractivity contribution < 1.29 is 0 Å². The predicted molar refractivity (Wildman–Crippen MR) is 238 cm³/mol. The number of fused-ring (bicyclic) bond motifs is 9. The summed E-state index contributed by atoms with van der Waals surface area (Å²) in [5.74, 6) is 0. The zero-order chi connectivity index (χ0) is 37.5. The Labute approximate surface area is 328 Å². The highest BCUT2D eigenvalue weighted by molar-refractivity contribution is 6.14. The summed E-state index contributed by atoms with van der Waals surface area (Å²) in [5.41, 5.74) is 15.2. The molecule has 4 aromatic heterocycles. The van der Waals surface area contributed by atoms with Crippen LogP contribution in [-0.2, 0) is 0 Å². The fraction of sp³-hybridized carbons (Fsp3) is 0. The molecule has 0 amide bonds. The smallest absolute Gasteiger partial charge is 0.0542 e. The normalized spacial score (nSPS) is 11.9. The predicted octanol–water partition coefficient (Wildman–Crippen LogP) is 13.7. The van der Waals surface area contributed by atoms with Crippen molar-refractivity contribution in [1.29, 1.82) is 0 Å². The number of hydrogen-bond acceptors (Lipinski definition) is 1. The van der Waals surface area contributed by atoms with Crippen LogP contribution in [-0.4, -0.2) is 18.7 Å². The molecule has 266 valence electrons. The first-order chi connectivity index (χ1) is 28.3. The molecular weight excluding hydrogens is 693 g/mol. The van der Waals surface area contributed by atoms with Gasteiger partial charge in [0.25, 0.3) is 0 Å². The molecule has 0 saturated heterocycles. The van der Waals surface area contributed by atoms with Crippen LogP contribution in [0.1, 0.15) is 0 Å². The summed E-state index contributed by atoms with van der Waals surface area (Å²) in [6, 6.07) is 70.7. The average molecular weight is 727 g/mol. The Hall–Kier alpha value is -7.69. The lowest BCUT2D eigenvalue weighted by molar-refractivity contribution is 1.16. The number of pyridine rings is 1. The highest BCUT2D eigenvalue weighted by atomic mass is 15.0. The van der Waals surface area contributed by atoms with Gasteiger partial charge in [-0.2, -0.15) is 0 Å². The molecule has 0 aliphatic heterocycles. The minimum atomic E-state index is 1.11. The minimum absolute atomic E-state index is 1.11. The van der Waals surface area contributed by atoms with E-state index in [1.54, 1.807) is 0 Å². The molecule has 4 heterocycles. The Morgan fingerprint density at radius 1 is 0.263 bits per heavy atom. The third-order valence-electron chi connectivity index (χ3n) is 11.7. The molecule has 4 heteroatoms. The quantitative estimate of drug-likeness (QED) is 0.174. The molecule has 0 spiro atoms. The highest BCUT2D eigenvalue weighted by Gasteiger charge is 2.19. The lowest BCUT2D eigenvalue weighted by atomic mass is 10.00. The van der Waals surface area contributed by atoms with E-state index in [2.05, 4.69) is 207 Å². The van der Waals surface area contributed by atoms with Crippen LogP contribution in [0.15, 0.2) is 207 Å². The number of para-hydroxylation sites is 4. The molecule has 8 aromatic carbocycles. The third kappa shape index (κ3) is 4.84. The van der Waals surface area contributed by atoms with Crippen LogP contribution in [0.5, 0.6) is 0 Å². The van der Waals surface area contributed by atoms with E-state index < -0.39 is 0 Å². The maximum Gasteiger partial charge on any atom is 0.0542 e. The summed E-state index contributed by atoms with van der Waals surface area (Å²) >= 11 is 0. The SMILES string of the molecule is c1cncc(-c2cccc(-c3ccc(-n4c5ccc(-n6c7ccccc7c7ccccc76)cc5c5cc(-n6c7ccccc7c7ccccc76)ccc54)cc3)c2)c1. The second-order valence-corrected chi connectivity index (χ2v) is 14.8. The Bertz CT molecular complexity index is 3230. The van der Waals surface area contributed by atoms with Gasteiger partial charge in [0.1, 0.15) is 0 Å². The largest absolute Gasteiger partial charge is 0.309 e. The molecule has 0 aliphatic rings. The van der Waals surface area contributed by atoms with Crippen LogP contribution < -0.4 is 0 Å². The Morgan fingerprint density at radius 3 is 1.14 bits per heavy atom. The first-order valence-electron chi connectivity index (χ1n) is 19.5. The molecule has 4 nitrogen and oxygen atoms in total. The van der Waals surface area contributed by atoms with Gasteiger partial charge >= 0.3 is 0 Å². The van der Waals surface area contributed by atoms with Gasteiger partial charge in [-0.1, -0.05) is 109 Å². The maximum atomic E-state index is 4.34. The van der Waals surface area contributed by atoms with Crippen molar-refractivity contribution in [3.05, 3.63) is 207 Å². The van der Waals surface area contributed by atoms with E-state index in [9.17, 15) is 0 Å². The van der Waals surface area contributed by atoms with Gasteiger partial charge in [-0.3, -0.25) is 4.98 Å². The van der Waals surface area contributed by atoms with Crippen LogP contribution in [0, 0.1) is 0 Å². The van der Waals surface area contributed by atoms with Crippen LogP contribution in [0.2, 0.25) is 0 Å². The summed E-state index contributed by atoms with van der Waals surface area (Å²) < 4.78 is 7.25. The van der Waals surface area contributed by atoms with Crippen molar-refractivity contribution in [2.45, 2.75) is 0 Å². The topological polar surface area (TPSA) is 27.7 Å². The molecular formula is C53H34N4. The fourth-order valence-electron chi connectivity index (χ4n) is 9.17. The number of rotatable bonds is 5. The summed E-state index contributed by atoms with van der Waals surface area (Å²) in [6.45, 7) is 0. The summed E-state index contributed by atoms with van der Waals surface area (Å²) in [7, 11) is 0. The molecule has 57 heavy (non-hydrogen) atoms. The maximum absolute atomic E-state index is 4.34. The average Bonchev–Trinajstić information content (AvgIpc) is 3.92. The van der Waals surface area contributed by atoms with Gasteiger partial charge in [-0.25, -0.2) is 0 Å². The van der Waals surface area contributed by atoms with Crippen molar-refractivity contribution in [1.82, 2.24) is 18.7 Å². The second-order valence-electron chi connectivity index (χ2n) is 14.8. The van der Waals surface area contributed by atoms with Gasteiger partial charge in [0.05, 0.1) is 33.1 Å². The van der Waals surface area contributed by atoms with Gasteiger partial charge in [0.2, 0.25) is 0 Å². The monoisotopic (exact) mass is 726 g/mol. The third-order valence-corrected chi connectivity index (χ3v) is 11.7. The fourth-order valence-corrected chi connectivity index (χ4v) is 9.17. The van der Waals surface area contributed by atoms with Gasteiger partial charge in [0.15, 0.2) is 0 Å². The first kappa shape index (κ1) is 31.6. The molecule has 0 fully saturated rings. The van der Waals surface area contributed by atoms with Crippen molar-refractivity contribution in [3.63, 3.8) is 0 Å². The van der Waals surface area contributed by atoms with Gasteiger partial charge in [-0.15, -0.1) is 0 Å². The zero-order valence-corrected chi connectivity index (χ0v) is 30.9. The second kappa shape index (κ2) is 12.4. The lowest BCUT2D eigenvalue weighted by Gasteiger charge is -2.12. The Balaban J connectivity index is 1.08. The summed E-state index contributed by atoms with van der Waals surface area (Å²) in [5, 5.41) is 7.46. The number of nitrogens with zero attached hydrogens (tertiary/aromatic N) is 4. The summed E-state index contributed by atoms with van der Waals surface area (Å²) in [4.78, 5) is 4.34. The summed E-state index contributed by atoms with van der Waals surface area (Å²) in [6.07, 6.45) is 3.74. The van der Waals surface area contributed by atoms with Crippen molar-refractivity contribution in [2.24, 2.45) is 0 Å². The van der Waals surface area contributed by atoms with Crippen molar-refractivity contribution >= 4 is 65.4 Å². The zero-order valence-electron chi connectivity index (χ0n) is 30.9. The van der Waals surface area contributed by atoms with Gasteiger partial charge in [-0.05, 0) is 102 Å². The van der Waals surface area contributed by atoms with E-state index >= 15 is 0 Å². The van der Waals surface area contributed by atoms with Crippen LogP contribution >= 0.6 is 0 Å². The van der Waals surface area contributed by atoms with Crippen molar-refractivity contribution in [3.8, 4) is 39.3 Å². The number of aromatic nitrogens is 4. The first-order valence-corrected chi connectivity index (χ1v) is 19.5. The van der Waals surface area contributed by atoms with E-state index in [0.717, 1.165) is 28.2 Å². The van der Waals surface area contributed by atoms with E-state index in [1.165, 1.54) is 76.5 Å². The molecule has 0 N–H and O–H groups in total. The molecule has 12 rings (SSSR count). The molecule has 0 atom stereocenters. The Morgan fingerprint density at radius 2 is 0.667 bits per heavy atom. The Kier molecular flexibility index (Phi) is 6.89. The van der Waals surface area contributed by atoms with E-state index in [0.29, 0.717) is 0 Å². The van der Waals surface area contributed by atoms with Crippen molar-refractivity contribution in [2.75, 3.05) is 0 Å². The molecule has 0 unspecified atom stereocenters. The van der Waals surface area contributed by atoms with E-state index in [1.807, 2.05) is 18.5 Å². The van der Waals surface area contributed by atoms with Crippen LogP contribution in [0.25, 0.3) is 105 Å². The molecule has 0 bridgehead atoms. The van der Waals surface area contributed by atoms with Gasteiger partial charge < -0.3 is 13.7 Å². The minimum Gasteiger partial charge on any atom is -0.309 e. The molecule has 0 aliphatic carbocycles. The lowest BCUT2D eigenvalue weighted by Crippen LogP contribution is -1.96. The molecule has 12 aromatic rings. The van der Waals surface area contributed by atoms with E-state index in [4.69, 9.17) is 0 Å². The molecule has 0 radical (unpaired) electrons.